The summed E-state index contributed by atoms with van der Waals surface area (Å²) in [5, 5.41) is 0.449. The summed E-state index contributed by atoms with van der Waals surface area (Å²) >= 11 is 0. The highest BCUT2D eigenvalue weighted by Crippen LogP contribution is 2.24. The third-order valence-corrected chi connectivity index (χ3v) is 4.29. The summed E-state index contributed by atoms with van der Waals surface area (Å²) in [4.78, 5) is 41.9. The summed E-state index contributed by atoms with van der Waals surface area (Å²) in [7, 11) is 0. The van der Waals surface area contributed by atoms with Gasteiger partial charge < -0.3 is 14.0 Å². The van der Waals surface area contributed by atoms with Crippen molar-refractivity contribution in [3.8, 4) is 5.75 Å². The number of aryl methyl sites for hydroxylation is 1. The van der Waals surface area contributed by atoms with Gasteiger partial charge in [-0.2, -0.15) is 0 Å². The number of imide groups is 1. The summed E-state index contributed by atoms with van der Waals surface area (Å²) in [6.45, 7) is 1.88. The van der Waals surface area contributed by atoms with Gasteiger partial charge >= 0.3 is 5.97 Å². The van der Waals surface area contributed by atoms with Crippen LogP contribution in [0.25, 0.3) is 0 Å². The number of hydrogen-bond donors (Lipinski definition) is 0. The van der Waals surface area contributed by atoms with Crippen molar-refractivity contribution in [2.24, 2.45) is 0 Å². The number of amides is 2. The van der Waals surface area contributed by atoms with E-state index in [0.29, 0.717) is 22.1 Å². The molecule has 140 valence electrons. The molecule has 0 saturated carbocycles. The van der Waals surface area contributed by atoms with Crippen LogP contribution < -0.4 is 4.74 Å². The van der Waals surface area contributed by atoms with Gasteiger partial charge in [0.05, 0.1) is 11.1 Å². The van der Waals surface area contributed by atoms with E-state index in [1.807, 2.05) is 30.3 Å². The van der Waals surface area contributed by atoms with Gasteiger partial charge in [0.15, 0.2) is 0 Å². The van der Waals surface area contributed by atoms with Gasteiger partial charge in [0.1, 0.15) is 18.1 Å². The standard InChI is InChI=1S/C21H15NO6/c1-13-14(12-26-15-7-3-2-4-8-15)11-18(27-13)21(25)28-22-19(23)16-9-5-6-10-17(16)20(22)24/h2-11H,12H2,1H3. The Morgan fingerprint density at radius 3 is 2.21 bits per heavy atom. The highest BCUT2D eigenvalue weighted by atomic mass is 16.7. The fourth-order valence-corrected chi connectivity index (χ4v) is 2.82. The van der Waals surface area contributed by atoms with E-state index >= 15 is 0 Å². The average molecular weight is 377 g/mol. The predicted molar refractivity (Wildman–Crippen MR) is 96.6 cm³/mol. The third-order valence-electron chi connectivity index (χ3n) is 4.29. The van der Waals surface area contributed by atoms with Crippen molar-refractivity contribution in [1.29, 1.82) is 0 Å². The van der Waals surface area contributed by atoms with E-state index in [-0.39, 0.29) is 23.5 Å². The minimum atomic E-state index is -0.941. The van der Waals surface area contributed by atoms with E-state index in [1.165, 1.54) is 18.2 Å². The molecule has 0 aliphatic carbocycles. The molecule has 1 aromatic heterocycles. The van der Waals surface area contributed by atoms with Crippen LogP contribution in [0, 0.1) is 6.92 Å². The van der Waals surface area contributed by atoms with Crippen molar-refractivity contribution < 1.29 is 28.4 Å². The van der Waals surface area contributed by atoms with Gasteiger partial charge in [-0.05, 0) is 37.3 Å². The number of benzene rings is 2. The van der Waals surface area contributed by atoms with Crippen LogP contribution in [-0.4, -0.2) is 22.8 Å². The maximum Gasteiger partial charge on any atom is 0.399 e. The van der Waals surface area contributed by atoms with Crippen molar-refractivity contribution in [3.63, 3.8) is 0 Å². The van der Waals surface area contributed by atoms with Crippen LogP contribution in [0.4, 0.5) is 0 Å². The van der Waals surface area contributed by atoms with Gasteiger partial charge in [0.25, 0.3) is 11.8 Å². The monoisotopic (exact) mass is 377 g/mol. The molecule has 2 heterocycles. The molecule has 0 bridgehead atoms. The van der Waals surface area contributed by atoms with Crippen molar-refractivity contribution in [2.75, 3.05) is 0 Å². The Morgan fingerprint density at radius 2 is 1.57 bits per heavy atom. The van der Waals surface area contributed by atoms with Gasteiger partial charge in [0.2, 0.25) is 5.76 Å². The molecule has 0 N–H and O–H groups in total. The molecular weight excluding hydrogens is 362 g/mol. The first kappa shape index (κ1) is 17.5. The van der Waals surface area contributed by atoms with E-state index in [4.69, 9.17) is 14.0 Å². The van der Waals surface area contributed by atoms with E-state index < -0.39 is 17.8 Å². The van der Waals surface area contributed by atoms with E-state index in [2.05, 4.69) is 0 Å². The van der Waals surface area contributed by atoms with Gasteiger partial charge in [-0.25, -0.2) is 4.79 Å². The molecule has 1 aliphatic heterocycles. The summed E-state index contributed by atoms with van der Waals surface area (Å²) in [5.74, 6) is -1.29. The van der Waals surface area contributed by atoms with Gasteiger partial charge in [-0.15, -0.1) is 0 Å². The van der Waals surface area contributed by atoms with Crippen molar-refractivity contribution in [3.05, 3.63) is 88.9 Å². The second-order valence-electron chi connectivity index (χ2n) is 6.12. The molecule has 7 heteroatoms. The molecular formula is C21H15NO6. The Labute approximate surface area is 160 Å². The minimum absolute atomic E-state index is 0.124. The number of fused-ring (bicyclic) bond motifs is 1. The lowest BCUT2D eigenvalue weighted by molar-refractivity contribution is -0.0603. The van der Waals surface area contributed by atoms with Crippen molar-refractivity contribution in [2.45, 2.75) is 13.5 Å². The molecule has 3 aromatic rings. The largest absolute Gasteiger partial charge is 0.489 e. The number of carbonyl (C=O) groups is 3. The number of furan rings is 1. The fraction of sp³-hybridized carbons (Fsp3) is 0.0952. The molecule has 0 saturated heterocycles. The van der Waals surface area contributed by atoms with Gasteiger partial charge in [0, 0.05) is 5.56 Å². The lowest BCUT2D eigenvalue weighted by Crippen LogP contribution is -2.32. The van der Waals surface area contributed by atoms with E-state index in [0.717, 1.165) is 0 Å². The number of carbonyl (C=O) groups excluding carboxylic acids is 3. The van der Waals surface area contributed by atoms with Crippen LogP contribution in [0.15, 0.2) is 65.1 Å². The van der Waals surface area contributed by atoms with Crippen LogP contribution >= 0.6 is 0 Å². The Bertz CT molecular complexity index is 1030. The van der Waals surface area contributed by atoms with Crippen LogP contribution in [0.5, 0.6) is 5.75 Å². The second-order valence-corrected chi connectivity index (χ2v) is 6.12. The summed E-state index contributed by atoms with van der Waals surface area (Å²) in [6, 6.07) is 16.9. The molecule has 2 amide bonds. The SMILES string of the molecule is Cc1oc(C(=O)ON2C(=O)c3ccccc3C2=O)cc1COc1ccccc1. The Kier molecular flexibility index (Phi) is 4.41. The van der Waals surface area contributed by atoms with Crippen LogP contribution in [-0.2, 0) is 11.4 Å². The lowest BCUT2D eigenvalue weighted by atomic mass is 10.1. The topological polar surface area (TPSA) is 86.0 Å². The number of ether oxygens (including phenoxy) is 1. The highest BCUT2D eigenvalue weighted by Gasteiger charge is 2.39. The highest BCUT2D eigenvalue weighted by molar-refractivity contribution is 6.21. The number of nitrogens with zero attached hydrogens (tertiary/aromatic N) is 1. The molecule has 4 rings (SSSR count). The molecule has 0 unspecified atom stereocenters. The van der Waals surface area contributed by atoms with Crippen LogP contribution in [0.3, 0.4) is 0 Å². The van der Waals surface area contributed by atoms with Gasteiger partial charge in [-0.3, -0.25) is 9.59 Å². The Balaban J connectivity index is 1.46. The third kappa shape index (κ3) is 3.14. The minimum Gasteiger partial charge on any atom is -0.489 e. The summed E-state index contributed by atoms with van der Waals surface area (Å²) in [5.41, 5.74) is 1.03. The van der Waals surface area contributed by atoms with Crippen molar-refractivity contribution >= 4 is 17.8 Å². The van der Waals surface area contributed by atoms with Crippen molar-refractivity contribution in [1.82, 2.24) is 5.06 Å². The maximum absolute atomic E-state index is 12.4. The molecule has 0 fully saturated rings. The first-order chi connectivity index (χ1) is 13.5. The molecule has 0 atom stereocenters. The Morgan fingerprint density at radius 1 is 0.964 bits per heavy atom. The first-order valence-electron chi connectivity index (χ1n) is 8.52. The maximum atomic E-state index is 12.4. The first-order valence-corrected chi connectivity index (χ1v) is 8.52. The molecule has 2 aromatic carbocycles. The fourth-order valence-electron chi connectivity index (χ4n) is 2.82. The van der Waals surface area contributed by atoms with E-state index in [9.17, 15) is 14.4 Å². The zero-order valence-electron chi connectivity index (χ0n) is 14.9. The summed E-state index contributed by atoms with van der Waals surface area (Å²) < 4.78 is 11.1. The Hall–Kier alpha value is -3.87. The predicted octanol–water partition coefficient (Wildman–Crippen LogP) is 3.54. The molecule has 28 heavy (non-hydrogen) atoms. The van der Waals surface area contributed by atoms with E-state index in [1.54, 1.807) is 19.1 Å². The van der Waals surface area contributed by atoms with Crippen LogP contribution in [0.2, 0.25) is 0 Å². The average Bonchev–Trinajstić information content (AvgIpc) is 3.20. The summed E-state index contributed by atoms with van der Waals surface area (Å²) in [6.07, 6.45) is 0. The lowest BCUT2D eigenvalue weighted by Gasteiger charge is -2.11. The molecule has 0 radical (unpaired) electrons. The molecule has 7 nitrogen and oxygen atoms in total. The second kappa shape index (κ2) is 7.03. The molecule has 0 spiro atoms. The number of para-hydroxylation sites is 1. The number of hydroxylamine groups is 2. The van der Waals surface area contributed by atoms with Crippen LogP contribution in [0.1, 0.15) is 42.6 Å². The number of rotatable bonds is 5. The molecule has 1 aliphatic rings. The number of hydrogen-bond acceptors (Lipinski definition) is 6. The van der Waals surface area contributed by atoms with Gasteiger partial charge in [-0.1, -0.05) is 35.4 Å². The zero-order chi connectivity index (χ0) is 19.7. The zero-order valence-corrected chi connectivity index (χ0v) is 14.9. The smallest absolute Gasteiger partial charge is 0.399 e. The normalized spacial score (nSPS) is 12.8. The quantitative estimate of drug-likeness (QED) is 0.632.